The van der Waals surface area contributed by atoms with Crippen LogP contribution in [0.25, 0.3) is 0 Å². The smallest absolute Gasteiger partial charge is 0.298 e. The van der Waals surface area contributed by atoms with Gasteiger partial charge in [0.2, 0.25) is 0 Å². The molecule has 0 saturated carbocycles. The van der Waals surface area contributed by atoms with Crippen molar-refractivity contribution in [1.82, 2.24) is 0 Å². The molecule has 1 aromatic rings. The predicted molar refractivity (Wildman–Crippen MR) is 47.4 cm³/mol. The van der Waals surface area contributed by atoms with Crippen LogP contribution in [-0.2, 0) is 0 Å². The highest BCUT2D eigenvalue weighted by Gasteiger charge is 2.26. The van der Waals surface area contributed by atoms with Crippen LogP contribution in [0.4, 0.5) is 18.9 Å². The standard InChI is InChI=1S/C7H6F3N.C2H3N/c8-7(9,10)11-6-4-2-1-3-5-6;1-2-3/h1-5,11H;1H3. The second-order valence-corrected chi connectivity index (χ2v) is 2.21. The van der Waals surface area contributed by atoms with E-state index >= 15 is 0 Å². The molecule has 1 N–H and O–H groups in total. The van der Waals surface area contributed by atoms with Crippen molar-refractivity contribution in [3.05, 3.63) is 30.3 Å². The molecular weight excluding hydrogens is 193 g/mol. The van der Waals surface area contributed by atoms with E-state index in [0.717, 1.165) is 0 Å². The number of nitriles is 1. The van der Waals surface area contributed by atoms with Crippen LogP contribution in [0.2, 0.25) is 0 Å². The summed E-state index contributed by atoms with van der Waals surface area (Å²) < 4.78 is 34.9. The van der Waals surface area contributed by atoms with Crippen molar-refractivity contribution in [2.45, 2.75) is 13.2 Å². The molecule has 0 aliphatic rings. The van der Waals surface area contributed by atoms with E-state index in [1.807, 2.05) is 0 Å². The summed E-state index contributed by atoms with van der Waals surface area (Å²) in [5.41, 5.74) is 0.0556. The first-order valence-corrected chi connectivity index (χ1v) is 3.70. The number of benzene rings is 1. The van der Waals surface area contributed by atoms with E-state index in [1.54, 1.807) is 12.1 Å². The van der Waals surface area contributed by atoms with Crippen molar-refractivity contribution >= 4 is 5.69 Å². The van der Waals surface area contributed by atoms with Crippen molar-refractivity contribution in [1.29, 1.82) is 5.26 Å². The number of hydrogen-bond donors (Lipinski definition) is 1. The van der Waals surface area contributed by atoms with Gasteiger partial charge < -0.3 is 0 Å². The van der Waals surface area contributed by atoms with Crippen LogP contribution in [-0.4, -0.2) is 6.30 Å². The molecule has 0 fully saturated rings. The molecule has 0 spiro atoms. The van der Waals surface area contributed by atoms with Crippen LogP contribution in [0.5, 0.6) is 0 Å². The Labute approximate surface area is 80.0 Å². The predicted octanol–water partition coefficient (Wildman–Crippen LogP) is 3.15. The van der Waals surface area contributed by atoms with E-state index in [9.17, 15) is 13.2 Å². The molecule has 5 heteroatoms. The number of nitrogens with one attached hydrogen (secondary N) is 1. The van der Waals surface area contributed by atoms with E-state index in [0.29, 0.717) is 0 Å². The Balaban J connectivity index is 0.000000500. The molecule has 0 amide bonds. The van der Waals surface area contributed by atoms with Crippen LogP contribution in [0, 0.1) is 11.3 Å². The average molecular weight is 202 g/mol. The molecule has 0 aromatic heterocycles. The Kier molecular flexibility index (Phi) is 5.15. The second-order valence-electron chi connectivity index (χ2n) is 2.21. The minimum absolute atomic E-state index is 0.0556. The summed E-state index contributed by atoms with van der Waals surface area (Å²) in [4.78, 5) is 0. The SMILES string of the molecule is CC#N.FC(F)(F)Nc1ccccc1. The average Bonchev–Trinajstić information content (AvgIpc) is 2.04. The number of alkyl halides is 3. The Hall–Kier alpha value is -1.70. The van der Waals surface area contributed by atoms with Crippen LogP contribution in [0.3, 0.4) is 0 Å². The molecule has 76 valence electrons. The maximum Gasteiger partial charge on any atom is 0.482 e. The molecule has 1 rings (SSSR count). The third-order valence-electron chi connectivity index (χ3n) is 1.06. The highest BCUT2D eigenvalue weighted by Crippen LogP contribution is 2.18. The number of halogens is 3. The fraction of sp³-hybridized carbons (Fsp3) is 0.222. The lowest BCUT2D eigenvalue weighted by Gasteiger charge is -2.08. The van der Waals surface area contributed by atoms with Gasteiger partial charge in [0.25, 0.3) is 0 Å². The van der Waals surface area contributed by atoms with Gasteiger partial charge in [-0.05, 0) is 12.1 Å². The van der Waals surface area contributed by atoms with E-state index in [-0.39, 0.29) is 5.69 Å². The minimum Gasteiger partial charge on any atom is -0.298 e. The number of rotatable bonds is 1. The quantitative estimate of drug-likeness (QED) is 0.710. The molecule has 2 nitrogen and oxygen atoms in total. The maximum atomic E-state index is 11.6. The number of nitrogens with zero attached hydrogens (tertiary/aromatic N) is 1. The van der Waals surface area contributed by atoms with Crippen LogP contribution in [0.1, 0.15) is 6.92 Å². The fourth-order valence-corrected chi connectivity index (χ4v) is 0.685. The van der Waals surface area contributed by atoms with Gasteiger partial charge in [-0.1, -0.05) is 18.2 Å². The second kappa shape index (κ2) is 5.86. The number of para-hydroxylation sites is 1. The van der Waals surface area contributed by atoms with Gasteiger partial charge in [0.1, 0.15) is 0 Å². The number of anilines is 1. The zero-order valence-corrected chi connectivity index (χ0v) is 7.47. The van der Waals surface area contributed by atoms with Gasteiger partial charge in [-0.2, -0.15) is 18.4 Å². The first-order valence-electron chi connectivity index (χ1n) is 3.70. The lowest BCUT2D eigenvalue weighted by atomic mass is 10.3. The summed E-state index contributed by atoms with van der Waals surface area (Å²) >= 11 is 0. The van der Waals surface area contributed by atoms with Crippen LogP contribution in [0.15, 0.2) is 30.3 Å². The van der Waals surface area contributed by atoms with Crippen LogP contribution < -0.4 is 5.32 Å². The zero-order valence-electron chi connectivity index (χ0n) is 7.47. The Morgan fingerprint density at radius 2 is 1.64 bits per heavy atom. The van der Waals surface area contributed by atoms with Crippen molar-refractivity contribution in [3.8, 4) is 6.07 Å². The summed E-state index contributed by atoms with van der Waals surface area (Å²) in [6.45, 7) is 1.43. The summed E-state index contributed by atoms with van der Waals surface area (Å²) in [5, 5.41) is 8.70. The van der Waals surface area contributed by atoms with Crippen LogP contribution >= 0.6 is 0 Å². The van der Waals surface area contributed by atoms with E-state index < -0.39 is 6.30 Å². The lowest BCUT2D eigenvalue weighted by molar-refractivity contribution is -0.0999. The van der Waals surface area contributed by atoms with E-state index in [1.165, 1.54) is 36.5 Å². The molecule has 0 aliphatic heterocycles. The molecule has 0 atom stereocenters. The largest absolute Gasteiger partial charge is 0.482 e. The molecule has 14 heavy (non-hydrogen) atoms. The topological polar surface area (TPSA) is 35.8 Å². The Bertz CT molecular complexity index is 287. The normalized spacial score (nSPS) is 9.36. The lowest BCUT2D eigenvalue weighted by Crippen LogP contribution is -2.20. The van der Waals surface area contributed by atoms with Gasteiger partial charge >= 0.3 is 6.30 Å². The highest BCUT2D eigenvalue weighted by atomic mass is 19.4. The Morgan fingerprint density at radius 1 is 1.21 bits per heavy atom. The molecule has 0 radical (unpaired) electrons. The number of hydrogen-bond acceptors (Lipinski definition) is 2. The van der Waals surface area contributed by atoms with Crippen molar-refractivity contribution in [2.75, 3.05) is 5.32 Å². The monoisotopic (exact) mass is 202 g/mol. The minimum atomic E-state index is -4.35. The molecule has 0 saturated heterocycles. The highest BCUT2D eigenvalue weighted by molar-refractivity contribution is 5.42. The van der Waals surface area contributed by atoms with Gasteiger partial charge in [0, 0.05) is 12.6 Å². The summed E-state index contributed by atoms with van der Waals surface area (Å²) in [6, 6.07) is 9.19. The molecule has 0 unspecified atom stereocenters. The fourth-order valence-electron chi connectivity index (χ4n) is 0.685. The maximum absolute atomic E-state index is 11.6. The first-order chi connectivity index (χ1) is 6.49. The first kappa shape index (κ1) is 12.3. The van der Waals surface area contributed by atoms with Crippen molar-refractivity contribution < 1.29 is 13.2 Å². The van der Waals surface area contributed by atoms with E-state index in [4.69, 9.17) is 5.26 Å². The molecule has 0 bridgehead atoms. The van der Waals surface area contributed by atoms with Gasteiger partial charge in [0.15, 0.2) is 0 Å². The van der Waals surface area contributed by atoms with Crippen molar-refractivity contribution in [3.63, 3.8) is 0 Å². The molecule has 0 aliphatic carbocycles. The Morgan fingerprint density at radius 3 is 2.00 bits per heavy atom. The van der Waals surface area contributed by atoms with Gasteiger partial charge in [-0.3, -0.25) is 5.32 Å². The summed E-state index contributed by atoms with van der Waals surface area (Å²) in [6.07, 6.45) is -4.35. The zero-order chi connectivity index (χ0) is 11.0. The summed E-state index contributed by atoms with van der Waals surface area (Å²) in [5.74, 6) is 0. The van der Waals surface area contributed by atoms with Gasteiger partial charge in [-0.25, -0.2) is 0 Å². The molecule has 0 heterocycles. The molecule has 1 aromatic carbocycles. The third kappa shape index (κ3) is 6.98. The third-order valence-corrected chi connectivity index (χ3v) is 1.06. The van der Waals surface area contributed by atoms with Crippen molar-refractivity contribution in [2.24, 2.45) is 0 Å². The molecular formula is C9H9F3N2. The summed E-state index contributed by atoms with van der Waals surface area (Å²) in [7, 11) is 0. The van der Waals surface area contributed by atoms with E-state index in [2.05, 4.69) is 0 Å². The van der Waals surface area contributed by atoms with Gasteiger partial charge in [-0.15, -0.1) is 0 Å². The van der Waals surface area contributed by atoms with Gasteiger partial charge in [0.05, 0.1) is 6.07 Å².